The van der Waals surface area contributed by atoms with Gasteiger partial charge in [0.2, 0.25) is 10.0 Å². The van der Waals surface area contributed by atoms with E-state index in [0.29, 0.717) is 4.90 Å². The number of nitrogens with zero attached hydrogens (tertiary/aromatic N) is 1. The topological polar surface area (TPSA) is 49.4 Å². The Labute approximate surface area is 126 Å². The summed E-state index contributed by atoms with van der Waals surface area (Å²) in [6.45, 7) is 3.46. The highest BCUT2D eigenvalue weighted by atomic mass is 79.9. The molecule has 104 valence electrons. The monoisotopic (exact) mass is 374 g/mol. The smallest absolute Gasteiger partial charge is 0.244 e. The van der Waals surface area contributed by atoms with Crippen molar-refractivity contribution in [1.82, 2.24) is 9.62 Å². The zero-order valence-corrected chi connectivity index (χ0v) is 14.2. The molecule has 0 amide bonds. The number of likely N-dealkylation sites (N-methyl/N-ethyl adjacent to an activating group) is 1. The second-order valence-corrected chi connectivity index (χ2v) is 8.74. The van der Waals surface area contributed by atoms with Gasteiger partial charge in [-0.3, -0.25) is 0 Å². The summed E-state index contributed by atoms with van der Waals surface area (Å²) in [5.74, 6) is 0. The lowest BCUT2D eigenvalue weighted by atomic mass is 10.3. The van der Waals surface area contributed by atoms with Crippen molar-refractivity contribution in [2.45, 2.75) is 24.3 Å². The lowest BCUT2D eigenvalue weighted by molar-refractivity contribution is 0.387. The van der Waals surface area contributed by atoms with Crippen LogP contribution >= 0.6 is 39.7 Å². The molecule has 1 N–H and O–H groups in total. The molecule has 0 aromatic carbocycles. The molecule has 0 saturated carbocycles. The summed E-state index contributed by atoms with van der Waals surface area (Å²) < 4.78 is 27.2. The van der Waals surface area contributed by atoms with Gasteiger partial charge in [-0.2, -0.15) is 4.31 Å². The predicted octanol–water partition coefficient (Wildman–Crippen LogP) is 2.22. The SMILES string of the molecule is Cc1sc(Br)cc1S(=O)(=O)N(C)C1CCNC1.Cl. The molecule has 1 aliphatic rings. The summed E-state index contributed by atoms with van der Waals surface area (Å²) in [6.07, 6.45) is 0.875. The second kappa shape index (κ2) is 6.19. The Morgan fingerprint density at radius 1 is 1.56 bits per heavy atom. The van der Waals surface area contributed by atoms with Crippen molar-refractivity contribution in [3.8, 4) is 0 Å². The molecule has 1 atom stereocenters. The molecule has 2 heterocycles. The Balaban J connectivity index is 0.00000162. The third kappa shape index (κ3) is 3.08. The average Bonchev–Trinajstić information content (AvgIpc) is 2.86. The Hall–Kier alpha value is 0.340. The third-order valence-electron chi connectivity index (χ3n) is 3.05. The highest BCUT2D eigenvalue weighted by molar-refractivity contribution is 9.11. The molecule has 8 heteroatoms. The normalized spacial score (nSPS) is 20.1. The van der Waals surface area contributed by atoms with Crippen molar-refractivity contribution in [3.63, 3.8) is 0 Å². The minimum atomic E-state index is -3.36. The fourth-order valence-corrected chi connectivity index (χ4v) is 5.75. The van der Waals surface area contributed by atoms with Crippen LogP contribution in [0.4, 0.5) is 0 Å². The molecule has 18 heavy (non-hydrogen) atoms. The minimum absolute atomic E-state index is 0. The molecule has 1 aromatic heterocycles. The van der Waals surface area contributed by atoms with Gasteiger partial charge in [0.15, 0.2) is 0 Å². The highest BCUT2D eigenvalue weighted by Gasteiger charge is 2.31. The van der Waals surface area contributed by atoms with Gasteiger partial charge in [0.05, 0.1) is 8.68 Å². The van der Waals surface area contributed by atoms with Crippen LogP contribution < -0.4 is 5.32 Å². The maximum atomic E-state index is 12.4. The molecule has 1 saturated heterocycles. The van der Waals surface area contributed by atoms with Gasteiger partial charge in [-0.1, -0.05) is 0 Å². The number of hydrogen-bond acceptors (Lipinski definition) is 4. The van der Waals surface area contributed by atoms with Gasteiger partial charge in [0.25, 0.3) is 0 Å². The Morgan fingerprint density at radius 2 is 2.22 bits per heavy atom. The van der Waals surface area contributed by atoms with Crippen LogP contribution in [-0.2, 0) is 10.0 Å². The Morgan fingerprint density at radius 3 is 2.67 bits per heavy atom. The summed E-state index contributed by atoms with van der Waals surface area (Å²) in [5, 5.41) is 3.18. The van der Waals surface area contributed by atoms with Crippen LogP contribution in [0.1, 0.15) is 11.3 Å². The summed E-state index contributed by atoms with van der Waals surface area (Å²) in [5.41, 5.74) is 0. The predicted molar refractivity (Wildman–Crippen MR) is 80.2 cm³/mol. The number of nitrogens with one attached hydrogen (secondary N) is 1. The summed E-state index contributed by atoms with van der Waals surface area (Å²) in [6, 6.07) is 1.76. The first kappa shape index (κ1) is 16.4. The van der Waals surface area contributed by atoms with Crippen LogP contribution in [0.2, 0.25) is 0 Å². The molecule has 0 aliphatic carbocycles. The van der Waals surface area contributed by atoms with E-state index in [1.54, 1.807) is 13.1 Å². The zero-order chi connectivity index (χ0) is 12.6. The average molecular weight is 376 g/mol. The molecule has 1 fully saturated rings. The van der Waals surface area contributed by atoms with E-state index < -0.39 is 10.0 Å². The van der Waals surface area contributed by atoms with E-state index in [2.05, 4.69) is 21.2 Å². The first-order valence-corrected chi connectivity index (χ1v) is 8.42. The fourth-order valence-electron chi connectivity index (χ4n) is 1.99. The van der Waals surface area contributed by atoms with Crippen LogP contribution in [0.25, 0.3) is 0 Å². The van der Waals surface area contributed by atoms with Crippen molar-refractivity contribution >= 4 is 49.7 Å². The molecule has 4 nitrogen and oxygen atoms in total. The van der Waals surface area contributed by atoms with E-state index in [0.717, 1.165) is 28.2 Å². The Bertz CT molecular complexity index is 512. The van der Waals surface area contributed by atoms with Crippen molar-refractivity contribution in [2.75, 3.05) is 20.1 Å². The van der Waals surface area contributed by atoms with Crippen molar-refractivity contribution < 1.29 is 8.42 Å². The first-order chi connectivity index (χ1) is 7.93. The van der Waals surface area contributed by atoms with Crippen LogP contribution in [0.3, 0.4) is 0 Å². The lowest BCUT2D eigenvalue weighted by Gasteiger charge is -2.22. The number of halogens is 2. The second-order valence-electron chi connectivity index (χ2n) is 4.14. The molecular weight excluding hydrogens is 360 g/mol. The van der Waals surface area contributed by atoms with E-state index in [1.807, 2.05) is 6.92 Å². The van der Waals surface area contributed by atoms with Crippen molar-refractivity contribution in [1.29, 1.82) is 0 Å². The summed E-state index contributed by atoms with van der Waals surface area (Å²) >= 11 is 4.78. The van der Waals surface area contributed by atoms with Gasteiger partial charge in [-0.25, -0.2) is 8.42 Å². The van der Waals surface area contributed by atoms with E-state index in [1.165, 1.54) is 15.6 Å². The van der Waals surface area contributed by atoms with Crippen LogP contribution in [-0.4, -0.2) is 38.9 Å². The van der Waals surface area contributed by atoms with Crippen LogP contribution in [0.15, 0.2) is 14.7 Å². The molecule has 0 radical (unpaired) electrons. The standard InChI is InChI=1S/C10H15BrN2O2S2.ClH/c1-7-9(5-10(11)16-7)17(14,15)13(2)8-3-4-12-6-8;/h5,8,12H,3-4,6H2,1-2H3;1H. The fraction of sp³-hybridized carbons (Fsp3) is 0.600. The molecular formula is C10H16BrClN2O2S2. The molecule has 1 aliphatic heterocycles. The van der Waals surface area contributed by atoms with Gasteiger partial charge in [0, 0.05) is 24.5 Å². The molecule has 1 unspecified atom stereocenters. The van der Waals surface area contributed by atoms with E-state index in [9.17, 15) is 8.42 Å². The van der Waals surface area contributed by atoms with Gasteiger partial charge in [0.1, 0.15) is 0 Å². The van der Waals surface area contributed by atoms with Crippen LogP contribution in [0, 0.1) is 6.92 Å². The van der Waals surface area contributed by atoms with E-state index in [-0.39, 0.29) is 18.4 Å². The summed E-state index contributed by atoms with van der Waals surface area (Å²) in [7, 11) is -1.69. The summed E-state index contributed by atoms with van der Waals surface area (Å²) in [4.78, 5) is 1.25. The van der Waals surface area contributed by atoms with Gasteiger partial charge < -0.3 is 5.32 Å². The van der Waals surface area contributed by atoms with E-state index >= 15 is 0 Å². The third-order valence-corrected chi connectivity index (χ3v) is 6.77. The molecule has 0 spiro atoms. The van der Waals surface area contributed by atoms with Crippen molar-refractivity contribution in [3.05, 3.63) is 14.7 Å². The minimum Gasteiger partial charge on any atom is -0.315 e. The lowest BCUT2D eigenvalue weighted by Crippen LogP contribution is -2.38. The van der Waals surface area contributed by atoms with Gasteiger partial charge in [-0.15, -0.1) is 23.7 Å². The number of aryl methyl sites for hydroxylation is 1. The van der Waals surface area contributed by atoms with Crippen molar-refractivity contribution in [2.24, 2.45) is 0 Å². The van der Waals surface area contributed by atoms with E-state index in [4.69, 9.17) is 0 Å². The quantitative estimate of drug-likeness (QED) is 0.881. The maximum absolute atomic E-state index is 12.4. The molecule has 1 aromatic rings. The number of hydrogen-bond donors (Lipinski definition) is 1. The van der Waals surface area contributed by atoms with Crippen LogP contribution in [0.5, 0.6) is 0 Å². The maximum Gasteiger partial charge on any atom is 0.244 e. The molecule has 0 bridgehead atoms. The highest BCUT2D eigenvalue weighted by Crippen LogP contribution is 2.32. The largest absolute Gasteiger partial charge is 0.315 e. The number of sulfonamides is 1. The number of rotatable bonds is 3. The zero-order valence-electron chi connectivity index (χ0n) is 10.1. The van der Waals surface area contributed by atoms with Gasteiger partial charge in [-0.05, 0) is 41.9 Å². The number of thiophene rings is 1. The molecule has 2 rings (SSSR count). The first-order valence-electron chi connectivity index (χ1n) is 5.37. The van der Waals surface area contributed by atoms with Gasteiger partial charge >= 0.3 is 0 Å². The Kier molecular flexibility index (Phi) is 5.64.